The summed E-state index contributed by atoms with van der Waals surface area (Å²) in [5.41, 5.74) is 11.4. The van der Waals surface area contributed by atoms with Crippen molar-refractivity contribution in [3.8, 4) is 0 Å². The fourth-order valence-electron chi connectivity index (χ4n) is 3.41. The van der Waals surface area contributed by atoms with Crippen molar-refractivity contribution >= 4 is 0 Å². The van der Waals surface area contributed by atoms with Gasteiger partial charge in [-0.1, -0.05) is 27.7 Å². The summed E-state index contributed by atoms with van der Waals surface area (Å²) in [7, 11) is 0. The van der Waals surface area contributed by atoms with Gasteiger partial charge in [-0.05, 0) is 37.8 Å². The Kier molecular flexibility index (Phi) is 23.6. The topological polar surface area (TPSA) is 107 Å². The summed E-state index contributed by atoms with van der Waals surface area (Å²) in [4.78, 5) is 5.02. The molecular formula is C24H58N8. The number of hydrogen-bond donors (Lipinski definition) is 6. The summed E-state index contributed by atoms with van der Waals surface area (Å²) in [6, 6.07) is 0. The Hall–Kier alpha value is -0.320. The minimum absolute atomic E-state index is 0.697. The van der Waals surface area contributed by atoms with Crippen LogP contribution in [0.25, 0.3) is 0 Å². The van der Waals surface area contributed by atoms with E-state index in [1.807, 2.05) is 0 Å². The van der Waals surface area contributed by atoms with Gasteiger partial charge in [-0.2, -0.15) is 0 Å². The summed E-state index contributed by atoms with van der Waals surface area (Å²) >= 11 is 0. The molecule has 0 unspecified atom stereocenters. The SMILES string of the molecule is CC(C)CCNCCNCCN(CCNCCN)CCNCCN(CCN)CCC(C)C. The van der Waals surface area contributed by atoms with E-state index < -0.39 is 0 Å². The van der Waals surface area contributed by atoms with Crippen molar-refractivity contribution in [1.29, 1.82) is 0 Å². The highest BCUT2D eigenvalue weighted by Gasteiger charge is 2.07. The average Bonchev–Trinajstić information content (AvgIpc) is 2.75. The smallest absolute Gasteiger partial charge is 0.0108 e. The van der Waals surface area contributed by atoms with E-state index in [9.17, 15) is 0 Å². The van der Waals surface area contributed by atoms with Gasteiger partial charge in [0.05, 0.1) is 0 Å². The molecule has 0 bridgehead atoms. The first kappa shape index (κ1) is 31.7. The third kappa shape index (κ3) is 22.9. The highest BCUT2D eigenvalue weighted by molar-refractivity contribution is 4.66. The molecule has 8 N–H and O–H groups in total. The molecule has 0 heterocycles. The first-order valence-electron chi connectivity index (χ1n) is 13.2. The van der Waals surface area contributed by atoms with Crippen molar-refractivity contribution in [3.63, 3.8) is 0 Å². The Balaban J connectivity index is 4.01. The predicted octanol–water partition coefficient (Wildman–Crippen LogP) is -0.0416. The molecule has 0 amide bonds. The highest BCUT2D eigenvalue weighted by Crippen LogP contribution is 2.01. The molecule has 0 aromatic heterocycles. The Bertz CT molecular complexity index is 368. The normalized spacial score (nSPS) is 12.2. The lowest BCUT2D eigenvalue weighted by atomic mass is 10.1. The van der Waals surface area contributed by atoms with Crippen LogP contribution >= 0.6 is 0 Å². The van der Waals surface area contributed by atoms with Gasteiger partial charge in [-0.15, -0.1) is 0 Å². The molecule has 8 nitrogen and oxygen atoms in total. The highest BCUT2D eigenvalue weighted by atomic mass is 15.2. The third-order valence-corrected chi connectivity index (χ3v) is 5.59. The maximum Gasteiger partial charge on any atom is 0.0108 e. The maximum atomic E-state index is 5.79. The average molecular weight is 459 g/mol. The van der Waals surface area contributed by atoms with Crippen LogP contribution in [0.1, 0.15) is 40.5 Å². The number of nitrogens with one attached hydrogen (secondary N) is 4. The van der Waals surface area contributed by atoms with Crippen LogP contribution in [0.2, 0.25) is 0 Å². The maximum absolute atomic E-state index is 5.79. The second-order valence-electron chi connectivity index (χ2n) is 9.63. The van der Waals surface area contributed by atoms with Crippen molar-refractivity contribution in [3.05, 3.63) is 0 Å². The van der Waals surface area contributed by atoms with E-state index in [1.54, 1.807) is 0 Å². The van der Waals surface area contributed by atoms with Gasteiger partial charge >= 0.3 is 0 Å². The number of nitrogens with two attached hydrogens (primary N) is 2. The lowest BCUT2D eigenvalue weighted by Gasteiger charge is -2.25. The van der Waals surface area contributed by atoms with E-state index in [0.29, 0.717) is 6.54 Å². The van der Waals surface area contributed by atoms with Gasteiger partial charge in [-0.3, -0.25) is 4.90 Å². The van der Waals surface area contributed by atoms with Gasteiger partial charge in [0.25, 0.3) is 0 Å². The van der Waals surface area contributed by atoms with E-state index >= 15 is 0 Å². The molecule has 0 aliphatic heterocycles. The summed E-state index contributed by atoms with van der Waals surface area (Å²) in [5, 5.41) is 14.1. The molecule has 8 heteroatoms. The molecule has 194 valence electrons. The summed E-state index contributed by atoms with van der Waals surface area (Å²) in [5.74, 6) is 1.52. The van der Waals surface area contributed by atoms with Crippen LogP contribution in [0, 0.1) is 11.8 Å². The molecule has 0 radical (unpaired) electrons. The lowest BCUT2D eigenvalue weighted by molar-refractivity contribution is 0.252. The number of nitrogens with zero attached hydrogens (tertiary/aromatic N) is 2. The van der Waals surface area contributed by atoms with Gasteiger partial charge < -0.3 is 37.6 Å². The van der Waals surface area contributed by atoms with E-state index in [0.717, 1.165) is 110 Å². The van der Waals surface area contributed by atoms with Gasteiger partial charge in [0, 0.05) is 91.6 Å². The van der Waals surface area contributed by atoms with Crippen LogP contribution in [-0.4, -0.2) is 115 Å². The lowest BCUT2D eigenvalue weighted by Crippen LogP contribution is -2.43. The zero-order valence-corrected chi connectivity index (χ0v) is 21.9. The second-order valence-corrected chi connectivity index (χ2v) is 9.63. The first-order valence-corrected chi connectivity index (χ1v) is 13.2. The molecule has 0 spiro atoms. The van der Waals surface area contributed by atoms with Crippen LogP contribution in [0.4, 0.5) is 0 Å². The molecule has 0 aliphatic carbocycles. The van der Waals surface area contributed by atoms with Crippen molar-refractivity contribution in [2.75, 3.05) is 105 Å². The number of hydrogen-bond acceptors (Lipinski definition) is 8. The summed E-state index contributed by atoms with van der Waals surface area (Å²) in [6.07, 6.45) is 2.49. The standard InChI is InChI=1S/C24H58N8/c1-23(2)5-9-27-11-12-29-14-21-32(20-13-28-10-7-25)22-16-30-15-19-31(18-8-26)17-6-24(3)4/h23-24,27-30H,5-22,25-26H2,1-4H3. The Labute approximate surface area is 200 Å². The molecule has 32 heavy (non-hydrogen) atoms. The van der Waals surface area contributed by atoms with Crippen molar-refractivity contribution < 1.29 is 0 Å². The summed E-state index contributed by atoms with van der Waals surface area (Å²) in [6.45, 7) is 25.1. The van der Waals surface area contributed by atoms with Crippen molar-refractivity contribution in [1.82, 2.24) is 31.1 Å². The number of rotatable bonds is 25. The van der Waals surface area contributed by atoms with Gasteiger partial charge in [0.15, 0.2) is 0 Å². The van der Waals surface area contributed by atoms with E-state index in [2.05, 4.69) is 58.8 Å². The Morgan fingerprint density at radius 2 is 0.906 bits per heavy atom. The van der Waals surface area contributed by atoms with Crippen LogP contribution in [0.5, 0.6) is 0 Å². The second kappa shape index (κ2) is 23.8. The van der Waals surface area contributed by atoms with Crippen LogP contribution in [0.3, 0.4) is 0 Å². The molecule has 0 saturated carbocycles. The predicted molar refractivity (Wildman–Crippen MR) is 141 cm³/mol. The monoisotopic (exact) mass is 458 g/mol. The van der Waals surface area contributed by atoms with Crippen LogP contribution in [0.15, 0.2) is 0 Å². The molecule has 0 rings (SSSR count). The van der Waals surface area contributed by atoms with Crippen molar-refractivity contribution in [2.24, 2.45) is 23.3 Å². The quantitative estimate of drug-likeness (QED) is 0.106. The van der Waals surface area contributed by atoms with E-state index in [1.165, 1.54) is 12.8 Å². The molecular weight excluding hydrogens is 400 g/mol. The van der Waals surface area contributed by atoms with Crippen LogP contribution in [-0.2, 0) is 0 Å². The molecule has 0 aliphatic rings. The van der Waals surface area contributed by atoms with Gasteiger partial charge in [0.1, 0.15) is 0 Å². The molecule has 0 aromatic carbocycles. The molecule has 0 atom stereocenters. The van der Waals surface area contributed by atoms with Crippen LogP contribution < -0.4 is 32.7 Å². The zero-order chi connectivity index (χ0) is 23.9. The Morgan fingerprint density at radius 3 is 1.38 bits per heavy atom. The summed E-state index contributed by atoms with van der Waals surface area (Å²) < 4.78 is 0. The van der Waals surface area contributed by atoms with Gasteiger partial charge in [0.2, 0.25) is 0 Å². The largest absolute Gasteiger partial charge is 0.329 e. The van der Waals surface area contributed by atoms with Crippen molar-refractivity contribution in [2.45, 2.75) is 40.5 Å². The molecule has 0 saturated heterocycles. The Morgan fingerprint density at radius 1 is 0.469 bits per heavy atom. The minimum atomic E-state index is 0.697. The third-order valence-electron chi connectivity index (χ3n) is 5.59. The fraction of sp³-hybridized carbons (Fsp3) is 1.00. The van der Waals surface area contributed by atoms with E-state index in [-0.39, 0.29) is 0 Å². The zero-order valence-electron chi connectivity index (χ0n) is 21.9. The fourth-order valence-corrected chi connectivity index (χ4v) is 3.41. The molecule has 0 fully saturated rings. The van der Waals surface area contributed by atoms with E-state index in [4.69, 9.17) is 11.5 Å². The van der Waals surface area contributed by atoms with Gasteiger partial charge in [-0.25, -0.2) is 0 Å². The molecule has 0 aromatic rings. The minimum Gasteiger partial charge on any atom is -0.329 e. The first-order chi connectivity index (χ1) is 15.5.